The molecule has 3 aliphatic rings. The van der Waals surface area contributed by atoms with Crippen LogP contribution in [0.2, 0.25) is 10.0 Å². The molecule has 0 aliphatic carbocycles. The second kappa shape index (κ2) is 14.0. The number of halogens is 3. The van der Waals surface area contributed by atoms with Crippen molar-refractivity contribution in [2.45, 2.75) is 18.5 Å². The summed E-state index contributed by atoms with van der Waals surface area (Å²) in [5, 5.41) is 4.23. The molecule has 1 amide bonds. The van der Waals surface area contributed by atoms with E-state index < -0.39 is 11.9 Å². The zero-order valence-electron chi connectivity index (χ0n) is 24.2. The van der Waals surface area contributed by atoms with Gasteiger partial charge in [0.25, 0.3) is 0 Å². The molecular formula is C29H35Cl2FN8O4. The molecule has 0 aromatic heterocycles. The number of aliphatic imine (C=N–C) groups is 1. The highest BCUT2D eigenvalue weighted by molar-refractivity contribution is 6.42. The van der Waals surface area contributed by atoms with Gasteiger partial charge in [-0.25, -0.2) is 20.3 Å². The molecule has 44 heavy (non-hydrogen) atoms. The molecular weight excluding hydrogens is 614 g/mol. The summed E-state index contributed by atoms with van der Waals surface area (Å²) >= 11 is 12.0. The van der Waals surface area contributed by atoms with Crippen molar-refractivity contribution in [2.75, 3.05) is 63.3 Å². The number of methoxy groups -OCH3 is 1. The molecule has 5 rings (SSSR count). The zero-order valence-corrected chi connectivity index (χ0v) is 25.7. The van der Waals surface area contributed by atoms with E-state index >= 15 is 4.39 Å². The van der Waals surface area contributed by atoms with E-state index in [1.807, 2.05) is 6.07 Å². The number of amides is 1. The SMILES string of the molecule is C=CC(=O)Nc1cc(N=C(N)/C=C(\NN)N2OCC[C@@H]2c2ccc(Cl)c(Cl)c2F)c(OC)cc1N1CCN(C2COC2)CC1. The average molecular weight is 650 g/mol. The average Bonchev–Trinajstić information content (AvgIpc) is 3.48. The maximum Gasteiger partial charge on any atom is 0.247 e. The number of amidine groups is 1. The van der Waals surface area contributed by atoms with Crippen LogP contribution in [0.5, 0.6) is 5.75 Å². The van der Waals surface area contributed by atoms with Gasteiger partial charge in [0, 0.05) is 50.3 Å². The van der Waals surface area contributed by atoms with E-state index in [9.17, 15) is 4.79 Å². The minimum Gasteiger partial charge on any atom is -0.494 e. The zero-order chi connectivity index (χ0) is 31.4. The number of hydrazine groups is 1. The lowest BCUT2D eigenvalue weighted by atomic mass is 10.0. The summed E-state index contributed by atoms with van der Waals surface area (Å²) in [5.74, 6) is 5.52. The summed E-state index contributed by atoms with van der Waals surface area (Å²) in [6.07, 6.45) is 3.10. The first kappa shape index (κ1) is 31.8. The first-order valence-electron chi connectivity index (χ1n) is 14.0. The molecule has 0 spiro atoms. The minimum atomic E-state index is -0.643. The van der Waals surface area contributed by atoms with E-state index in [4.69, 9.17) is 49.1 Å². The van der Waals surface area contributed by atoms with Gasteiger partial charge in [-0.05, 0) is 18.2 Å². The molecule has 0 bridgehead atoms. The number of rotatable bonds is 10. The largest absolute Gasteiger partial charge is 0.494 e. The Morgan fingerprint density at radius 1 is 1.23 bits per heavy atom. The molecule has 0 saturated carbocycles. The monoisotopic (exact) mass is 648 g/mol. The number of nitrogens with two attached hydrogens (primary N) is 2. The number of nitrogens with one attached hydrogen (secondary N) is 2. The Hall–Kier alpha value is -3.59. The van der Waals surface area contributed by atoms with Crippen LogP contribution in [-0.2, 0) is 14.4 Å². The van der Waals surface area contributed by atoms with Gasteiger partial charge in [-0.1, -0.05) is 35.8 Å². The van der Waals surface area contributed by atoms with Crippen molar-refractivity contribution in [3.63, 3.8) is 0 Å². The van der Waals surface area contributed by atoms with E-state index in [-0.39, 0.29) is 33.2 Å². The first-order valence-corrected chi connectivity index (χ1v) is 14.8. The number of hydrogen-bond acceptors (Lipinski definition) is 10. The summed E-state index contributed by atoms with van der Waals surface area (Å²) in [5.41, 5.74) is 10.9. The van der Waals surface area contributed by atoms with Gasteiger partial charge in [-0.3, -0.25) is 14.5 Å². The third kappa shape index (κ3) is 6.72. The molecule has 0 radical (unpaired) electrons. The van der Waals surface area contributed by atoms with Crippen LogP contribution in [0.3, 0.4) is 0 Å². The van der Waals surface area contributed by atoms with Gasteiger partial charge in [-0.2, -0.15) is 0 Å². The van der Waals surface area contributed by atoms with Crippen molar-refractivity contribution < 1.29 is 23.5 Å². The van der Waals surface area contributed by atoms with Crippen molar-refractivity contribution in [2.24, 2.45) is 16.6 Å². The fourth-order valence-electron chi connectivity index (χ4n) is 5.38. The topological polar surface area (TPSA) is 143 Å². The fourth-order valence-corrected chi connectivity index (χ4v) is 5.70. The van der Waals surface area contributed by atoms with Crippen LogP contribution in [0, 0.1) is 5.82 Å². The van der Waals surface area contributed by atoms with E-state index in [1.54, 1.807) is 12.1 Å². The molecule has 2 aromatic rings. The molecule has 3 saturated heterocycles. The number of nitrogens with zero attached hydrogens (tertiary/aromatic N) is 4. The van der Waals surface area contributed by atoms with Crippen LogP contribution in [0.25, 0.3) is 0 Å². The van der Waals surface area contributed by atoms with Gasteiger partial charge >= 0.3 is 0 Å². The van der Waals surface area contributed by atoms with Crippen molar-refractivity contribution in [1.29, 1.82) is 0 Å². The molecule has 2 aromatic carbocycles. The minimum absolute atomic E-state index is 0.0326. The molecule has 3 aliphatic heterocycles. The summed E-state index contributed by atoms with van der Waals surface area (Å²) in [7, 11) is 1.53. The normalized spacial score (nSPS) is 20.0. The lowest BCUT2D eigenvalue weighted by Crippen LogP contribution is -2.56. The predicted molar refractivity (Wildman–Crippen MR) is 168 cm³/mol. The Morgan fingerprint density at radius 2 is 1.98 bits per heavy atom. The summed E-state index contributed by atoms with van der Waals surface area (Å²) in [4.78, 5) is 27.3. The number of hydrogen-bond donors (Lipinski definition) is 4. The molecule has 3 fully saturated rings. The molecule has 6 N–H and O–H groups in total. The van der Waals surface area contributed by atoms with Crippen molar-refractivity contribution in [3.05, 3.63) is 70.2 Å². The Labute approximate surface area is 264 Å². The van der Waals surface area contributed by atoms with Gasteiger partial charge in [-0.15, -0.1) is 0 Å². The number of hydroxylamine groups is 2. The van der Waals surface area contributed by atoms with Crippen LogP contribution in [0.15, 0.2) is 53.8 Å². The highest BCUT2D eigenvalue weighted by atomic mass is 35.5. The van der Waals surface area contributed by atoms with Gasteiger partial charge < -0.3 is 30.8 Å². The fraction of sp³-hybridized carbons (Fsp3) is 0.379. The van der Waals surface area contributed by atoms with E-state index in [2.05, 4.69) is 32.1 Å². The molecule has 12 nitrogen and oxygen atoms in total. The van der Waals surface area contributed by atoms with Crippen molar-refractivity contribution >= 4 is 52.0 Å². The molecule has 3 heterocycles. The third-order valence-corrected chi connectivity index (χ3v) is 8.56. The maximum atomic E-state index is 15.0. The smallest absolute Gasteiger partial charge is 0.247 e. The van der Waals surface area contributed by atoms with Gasteiger partial charge in [0.15, 0.2) is 0 Å². The lowest BCUT2D eigenvalue weighted by molar-refractivity contribution is -0.111. The quantitative estimate of drug-likeness (QED) is 0.0755. The highest BCUT2D eigenvalue weighted by Crippen LogP contribution is 2.40. The maximum absolute atomic E-state index is 15.0. The lowest BCUT2D eigenvalue weighted by Gasteiger charge is -2.43. The number of benzene rings is 2. The number of ether oxygens (including phenoxy) is 2. The standard InChI is InChI=1S/C29H35Cl2FN8O4/c1-3-27(41)36-20-12-21(24(42-2)13-23(20)39-9-7-38(8-10-39)17-15-43-16-17)35-25(33)14-26(37-34)40-22(6-11-44-40)18-4-5-19(30)28(31)29(18)32/h3-5,12-14,17,22,37H,1,6-11,15-16,34H2,2H3,(H2,33,35)(H,36,41)/b26-14+/t22-/m1/s1. The van der Waals surface area contributed by atoms with E-state index in [0.717, 1.165) is 45.1 Å². The van der Waals surface area contributed by atoms with Crippen molar-refractivity contribution in [3.8, 4) is 5.75 Å². The van der Waals surface area contributed by atoms with Crippen LogP contribution in [-0.4, -0.2) is 80.9 Å². The second-order valence-corrected chi connectivity index (χ2v) is 11.2. The number of carbonyl (C=O) groups is 1. The Kier molecular flexibility index (Phi) is 10.1. The molecule has 15 heteroatoms. The summed E-state index contributed by atoms with van der Waals surface area (Å²) in [6.45, 7) is 8.63. The van der Waals surface area contributed by atoms with Crippen LogP contribution in [0.1, 0.15) is 18.0 Å². The summed E-state index contributed by atoms with van der Waals surface area (Å²) in [6, 6.07) is 6.48. The predicted octanol–water partition coefficient (Wildman–Crippen LogP) is 3.46. The van der Waals surface area contributed by atoms with Gasteiger partial charge in [0.1, 0.15) is 28.9 Å². The van der Waals surface area contributed by atoms with Gasteiger partial charge in [0.05, 0.1) is 60.4 Å². The molecule has 236 valence electrons. The molecule has 0 unspecified atom stereocenters. The Balaban J connectivity index is 1.43. The number of piperazine rings is 1. The van der Waals surface area contributed by atoms with Crippen LogP contribution in [0.4, 0.5) is 21.5 Å². The summed E-state index contributed by atoms with van der Waals surface area (Å²) < 4.78 is 26.0. The van der Waals surface area contributed by atoms with Crippen LogP contribution >= 0.6 is 23.2 Å². The Morgan fingerprint density at radius 3 is 2.61 bits per heavy atom. The van der Waals surface area contributed by atoms with Crippen LogP contribution < -0.4 is 32.0 Å². The first-order chi connectivity index (χ1) is 21.2. The van der Waals surface area contributed by atoms with E-state index in [0.29, 0.717) is 36.2 Å². The Bertz CT molecular complexity index is 1460. The number of anilines is 2. The molecule has 1 atom stereocenters. The number of carbonyl (C=O) groups excluding carboxylic acids is 1. The third-order valence-electron chi connectivity index (χ3n) is 7.78. The van der Waals surface area contributed by atoms with Crippen molar-refractivity contribution in [1.82, 2.24) is 15.4 Å². The van der Waals surface area contributed by atoms with Gasteiger partial charge in [0.2, 0.25) is 5.91 Å². The second-order valence-electron chi connectivity index (χ2n) is 10.4. The van der Waals surface area contributed by atoms with E-state index in [1.165, 1.54) is 30.4 Å². The highest BCUT2D eigenvalue weighted by Gasteiger charge is 2.33.